The zero-order valence-corrected chi connectivity index (χ0v) is 12.7. The summed E-state index contributed by atoms with van der Waals surface area (Å²) in [7, 11) is -2.79. The highest BCUT2D eigenvalue weighted by Gasteiger charge is 2.65. The topological polar surface area (TPSA) is 29.6 Å². The average Bonchev–Trinajstić information content (AvgIpc) is 3.20. The Kier molecular flexibility index (Phi) is 3.32. The number of hydrogen-bond donors (Lipinski definition) is 0. The van der Waals surface area contributed by atoms with Gasteiger partial charge in [-0.25, -0.2) is 0 Å². The van der Waals surface area contributed by atoms with Crippen molar-refractivity contribution in [2.24, 2.45) is 0 Å². The van der Waals surface area contributed by atoms with E-state index in [1.807, 2.05) is 67.6 Å². The van der Waals surface area contributed by atoms with Gasteiger partial charge in [-0.2, -0.15) is 0 Å². The number of epoxide rings is 1. The minimum absolute atomic E-state index is 0.0405. The van der Waals surface area contributed by atoms with E-state index < -0.39 is 12.5 Å². The van der Waals surface area contributed by atoms with Gasteiger partial charge in [-0.1, -0.05) is 67.6 Å². The molecule has 1 aliphatic heterocycles. The van der Waals surface area contributed by atoms with E-state index >= 15 is 0 Å². The zero-order chi connectivity index (χ0) is 14.2. The monoisotopic (exact) mass is 286 g/mol. The van der Waals surface area contributed by atoms with Gasteiger partial charge in [0.05, 0.1) is 6.10 Å². The maximum Gasteiger partial charge on any atom is 0.176 e. The molecule has 20 heavy (non-hydrogen) atoms. The van der Waals surface area contributed by atoms with Gasteiger partial charge in [-0.3, -0.25) is 0 Å². The molecular weight excluding hydrogens is 267 g/mol. The average molecular weight is 286 g/mol. The van der Waals surface area contributed by atoms with E-state index in [0.29, 0.717) is 0 Å². The summed E-state index contributed by atoms with van der Waals surface area (Å²) in [6, 6.07) is 19.5. The van der Waals surface area contributed by atoms with E-state index in [-0.39, 0.29) is 6.10 Å². The summed E-state index contributed by atoms with van der Waals surface area (Å²) >= 11 is 0. The number of hydrogen-bond acceptors (Lipinski definition) is 2. The van der Waals surface area contributed by atoms with Crippen molar-refractivity contribution in [2.45, 2.75) is 31.7 Å². The molecule has 3 heteroatoms. The first-order valence-electron chi connectivity index (χ1n) is 7.04. The predicted octanol–water partition coefficient (Wildman–Crippen LogP) is 3.53. The van der Waals surface area contributed by atoms with Crippen molar-refractivity contribution in [2.75, 3.05) is 0 Å². The fourth-order valence-corrected chi connectivity index (χ4v) is 6.68. The third-order valence-electron chi connectivity index (χ3n) is 4.24. The molecule has 104 valence electrons. The Hall–Kier alpha value is -1.37. The molecule has 2 aromatic rings. The largest absolute Gasteiger partial charge is 0.357 e. The molecule has 0 N–H and O–H groups in total. The number of rotatable bonds is 4. The Bertz CT molecular complexity index is 591. The van der Waals surface area contributed by atoms with Gasteiger partial charge in [-0.15, -0.1) is 0 Å². The Balaban J connectivity index is 2.22. The van der Waals surface area contributed by atoms with Crippen LogP contribution in [0.1, 0.15) is 20.3 Å². The molecule has 0 bridgehead atoms. The summed E-state index contributed by atoms with van der Waals surface area (Å²) in [5.41, 5.74) is 0. The molecule has 2 unspecified atom stereocenters. The molecule has 0 saturated carbocycles. The quantitative estimate of drug-likeness (QED) is 0.635. The molecule has 2 nitrogen and oxygen atoms in total. The second-order valence-electron chi connectivity index (χ2n) is 5.24. The van der Waals surface area contributed by atoms with Crippen molar-refractivity contribution >= 4 is 17.8 Å². The summed E-state index contributed by atoms with van der Waals surface area (Å²) in [4.78, 5) is 0. The van der Waals surface area contributed by atoms with Crippen molar-refractivity contribution in [3.63, 3.8) is 0 Å². The van der Waals surface area contributed by atoms with Crippen LogP contribution in [0, 0.1) is 0 Å². The standard InChI is InChI=1S/C17H19O2P/c1-3-17(14(2)19-17)20(18,15-10-6-4-7-11-15)16-12-8-5-9-13-16/h4-14H,3H2,1-2H3. The second kappa shape index (κ2) is 4.87. The van der Waals surface area contributed by atoms with Crippen LogP contribution in [-0.2, 0) is 9.30 Å². The lowest BCUT2D eigenvalue weighted by molar-refractivity contribution is 0.346. The van der Waals surface area contributed by atoms with Crippen molar-refractivity contribution < 1.29 is 9.30 Å². The van der Waals surface area contributed by atoms with Crippen LogP contribution in [0.25, 0.3) is 0 Å². The zero-order valence-electron chi connectivity index (χ0n) is 11.8. The van der Waals surface area contributed by atoms with E-state index in [0.717, 1.165) is 17.0 Å². The minimum Gasteiger partial charge on any atom is -0.357 e. The molecule has 2 atom stereocenters. The van der Waals surface area contributed by atoms with Gasteiger partial charge in [0.2, 0.25) is 0 Å². The first-order chi connectivity index (χ1) is 9.65. The Morgan fingerprint density at radius 3 is 1.70 bits per heavy atom. The number of benzene rings is 2. The highest BCUT2D eigenvalue weighted by atomic mass is 31.2. The fourth-order valence-electron chi connectivity index (χ4n) is 3.06. The summed E-state index contributed by atoms with van der Waals surface area (Å²) in [6.07, 6.45) is 0.800. The molecule has 1 fully saturated rings. The van der Waals surface area contributed by atoms with Gasteiger partial charge < -0.3 is 9.30 Å². The summed E-state index contributed by atoms with van der Waals surface area (Å²) in [5, 5.41) is 1.24. The van der Waals surface area contributed by atoms with E-state index in [1.165, 1.54) is 0 Å². The summed E-state index contributed by atoms with van der Waals surface area (Å²) in [5.74, 6) is 0. The van der Waals surface area contributed by atoms with E-state index in [9.17, 15) is 4.57 Å². The predicted molar refractivity (Wildman–Crippen MR) is 83.3 cm³/mol. The SMILES string of the molecule is CCC1(P(=O)(c2ccccc2)c2ccccc2)OC1C. The van der Waals surface area contributed by atoms with Crippen LogP contribution in [-0.4, -0.2) is 11.4 Å². The first kappa shape index (κ1) is 13.6. The van der Waals surface area contributed by atoms with Crippen molar-refractivity contribution in [3.8, 4) is 0 Å². The molecule has 0 aliphatic carbocycles. The number of ether oxygens (including phenoxy) is 1. The lowest BCUT2D eigenvalue weighted by Gasteiger charge is -2.25. The van der Waals surface area contributed by atoms with E-state index in [2.05, 4.69) is 6.92 Å². The van der Waals surface area contributed by atoms with E-state index in [4.69, 9.17) is 4.74 Å². The Morgan fingerprint density at radius 2 is 1.40 bits per heavy atom. The van der Waals surface area contributed by atoms with Gasteiger partial charge in [0.25, 0.3) is 0 Å². The van der Waals surface area contributed by atoms with Crippen molar-refractivity contribution in [3.05, 3.63) is 60.7 Å². The van der Waals surface area contributed by atoms with Gasteiger partial charge >= 0.3 is 0 Å². The van der Waals surface area contributed by atoms with Gasteiger partial charge in [-0.05, 0) is 13.3 Å². The highest BCUT2D eigenvalue weighted by molar-refractivity contribution is 7.80. The second-order valence-corrected chi connectivity index (χ2v) is 8.25. The highest BCUT2D eigenvalue weighted by Crippen LogP contribution is 2.68. The van der Waals surface area contributed by atoms with Crippen LogP contribution >= 0.6 is 7.14 Å². The van der Waals surface area contributed by atoms with Crippen LogP contribution < -0.4 is 10.6 Å². The van der Waals surface area contributed by atoms with Gasteiger partial charge in [0.1, 0.15) is 0 Å². The van der Waals surface area contributed by atoms with Crippen LogP contribution in [0.3, 0.4) is 0 Å². The fraction of sp³-hybridized carbons (Fsp3) is 0.294. The smallest absolute Gasteiger partial charge is 0.176 e. The summed E-state index contributed by atoms with van der Waals surface area (Å²) < 4.78 is 19.9. The van der Waals surface area contributed by atoms with Crippen molar-refractivity contribution in [1.29, 1.82) is 0 Å². The van der Waals surface area contributed by atoms with Crippen molar-refractivity contribution in [1.82, 2.24) is 0 Å². The molecule has 1 aliphatic rings. The van der Waals surface area contributed by atoms with Gasteiger partial charge in [0.15, 0.2) is 12.5 Å². The molecule has 0 amide bonds. The molecular formula is C17H19O2P. The maximum absolute atomic E-state index is 14.0. The van der Waals surface area contributed by atoms with Gasteiger partial charge in [0, 0.05) is 10.6 Å². The van der Waals surface area contributed by atoms with Crippen LogP contribution in [0.4, 0.5) is 0 Å². The molecule has 0 spiro atoms. The first-order valence-corrected chi connectivity index (χ1v) is 8.75. The normalized spacial score (nSPS) is 25.4. The third-order valence-corrected chi connectivity index (χ3v) is 8.14. The van der Waals surface area contributed by atoms with Crippen LogP contribution in [0.15, 0.2) is 60.7 Å². The Morgan fingerprint density at radius 1 is 1.00 bits per heavy atom. The minimum atomic E-state index is -2.79. The lowest BCUT2D eigenvalue weighted by Crippen LogP contribution is -2.29. The molecule has 2 aromatic carbocycles. The lowest BCUT2D eigenvalue weighted by atomic mass is 10.3. The molecule has 1 heterocycles. The molecule has 1 saturated heterocycles. The Labute approximate surface area is 120 Å². The third kappa shape index (κ3) is 1.79. The summed E-state index contributed by atoms with van der Waals surface area (Å²) in [6.45, 7) is 4.07. The molecule has 3 rings (SSSR count). The van der Waals surface area contributed by atoms with Crippen LogP contribution in [0.5, 0.6) is 0 Å². The maximum atomic E-state index is 14.0. The van der Waals surface area contributed by atoms with Crippen LogP contribution in [0.2, 0.25) is 0 Å². The molecule has 0 radical (unpaired) electrons. The van der Waals surface area contributed by atoms with E-state index in [1.54, 1.807) is 0 Å². The molecule has 0 aromatic heterocycles.